The SMILES string of the molecule is Cc1ccc(S(=O)(=O)N2CCCCC2)cc1-n1sc2ncccc2c1=O. The minimum absolute atomic E-state index is 0.172. The third-order valence-electron chi connectivity index (χ3n) is 4.72. The maximum Gasteiger partial charge on any atom is 0.274 e. The van der Waals surface area contributed by atoms with Crippen LogP contribution in [0.5, 0.6) is 0 Å². The van der Waals surface area contributed by atoms with E-state index in [0.29, 0.717) is 29.0 Å². The van der Waals surface area contributed by atoms with Crippen LogP contribution in [0.4, 0.5) is 0 Å². The number of fused-ring (bicyclic) bond motifs is 1. The highest BCUT2D eigenvalue weighted by Gasteiger charge is 2.26. The summed E-state index contributed by atoms with van der Waals surface area (Å²) in [5, 5.41) is 0.543. The van der Waals surface area contributed by atoms with Crippen LogP contribution < -0.4 is 5.56 Å². The van der Waals surface area contributed by atoms with Gasteiger partial charge in [0.05, 0.1) is 16.0 Å². The van der Waals surface area contributed by atoms with Crippen molar-refractivity contribution in [3.63, 3.8) is 0 Å². The molecule has 0 spiro atoms. The fourth-order valence-electron chi connectivity index (χ4n) is 3.25. The van der Waals surface area contributed by atoms with Crippen LogP contribution in [0.3, 0.4) is 0 Å². The summed E-state index contributed by atoms with van der Waals surface area (Å²) < 4.78 is 29.0. The van der Waals surface area contributed by atoms with E-state index in [2.05, 4.69) is 4.98 Å². The lowest BCUT2D eigenvalue weighted by Crippen LogP contribution is -2.35. The van der Waals surface area contributed by atoms with Crippen molar-refractivity contribution in [1.82, 2.24) is 13.2 Å². The lowest BCUT2D eigenvalue weighted by atomic mass is 10.2. The van der Waals surface area contributed by atoms with Gasteiger partial charge in [0, 0.05) is 19.3 Å². The number of rotatable bonds is 3. The summed E-state index contributed by atoms with van der Waals surface area (Å²) in [5.41, 5.74) is 1.26. The molecule has 0 radical (unpaired) electrons. The van der Waals surface area contributed by atoms with Gasteiger partial charge in [0.1, 0.15) is 4.83 Å². The average Bonchev–Trinajstić information content (AvgIpc) is 2.99. The Labute approximate surface area is 155 Å². The Bertz CT molecular complexity index is 1130. The van der Waals surface area contributed by atoms with Gasteiger partial charge >= 0.3 is 0 Å². The van der Waals surface area contributed by atoms with Crippen molar-refractivity contribution >= 4 is 31.8 Å². The Morgan fingerprint density at radius 2 is 1.88 bits per heavy atom. The van der Waals surface area contributed by atoms with Gasteiger partial charge in [-0.1, -0.05) is 12.5 Å². The van der Waals surface area contributed by atoms with Crippen molar-refractivity contribution in [3.05, 3.63) is 52.4 Å². The number of sulfonamides is 1. The largest absolute Gasteiger partial charge is 0.274 e. The molecule has 6 nitrogen and oxygen atoms in total. The van der Waals surface area contributed by atoms with E-state index in [4.69, 9.17) is 0 Å². The molecule has 3 heterocycles. The standard InChI is InChI=1S/C18H19N3O3S2/c1-13-7-8-14(26(23,24)20-10-3-2-4-11-20)12-16(13)21-18(22)15-6-5-9-19-17(15)25-21/h5-9,12H,2-4,10-11H2,1H3. The zero-order valence-corrected chi connectivity index (χ0v) is 16.0. The van der Waals surface area contributed by atoms with Crippen LogP contribution in [0.15, 0.2) is 46.2 Å². The molecule has 0 atom stereocenters. The summed E-state index contributed by atoms with van der Waals surface area (Å²) in [4.78, 5) is 17.8. The molecule has 1 saturated heterocycles. The third kappa shape index (κ3) is 2.87. The maximum absolute atomic E-state index is 13.0. The number of aryl methyl sites for hydroxylation is 1. The third-order valence-corrected chi connectivity index (χ3v) is 7.65. The number of hydrogen-bond acceptors (Lipinski definition) is 5. The van der Waals surface area contributed by atoms with Crippen molar-refractivity contribution in [2.45, 2.75) is 31.1 Å². The predicted octanol–water partition coefficient (Wildman–Crippen LogP) is 2.93. The monoisotopic (exact) mass is 389 g/mol. The quantitative estimate of drug-likeness (QED) is 0.690. The fourth-order valence-corrected chi connectivity index (χ4v) is 5.79. The molecule has 0 bridgehead atoms. The minimum Gasteiger partial charge on any atom is -0.267 e. The van der Waals surface area contributed by atoms with Crippen LogP contribution in [0, 0.1) is 6.92 Å². The molecule has 0 unspecified atom stereocenters. The molecule has 1 fully saturated rings. The van der Waals surface area contributed by atoms with Crippen molar-refractivity contribution in [3.8, 4) is 5.69 Å². The highest BCUT2D eigenvalue weighted by molar-refractivity contribution is 7.89. The molecule has 8 heteroatoms. The molecule has 1 aliphatic rings. The van der Waals surface area contributed by atoms with E-state index in [1.165, 1.54) is 15.5 Å². The number of pyridine rings is 1. The van der Waals surface area contributed by atoms with Gasteiger partial charge in [-0.05, 0) is 61.1 Å². The number of benzene rings is 1. The zero-order chi connectivity index (χ0) is 18.3. The Hall–Kier alpha value is -2.03. The molecule has 1 aliphatic heterocycles. The van der Waals surface area contributed by atoms with Gasteiger partial charge in [0.2, 0.25) is 10.0 Å². The Balaban J connectivity index is 1.84. The van der Waals surface area contributed by atoms with Gasteiger partial charge in [-0.3, -0.25) is 4.79 Å². The van der Waals surface area contributed by atoms with Gasteiger partial charge < -0.3 is 0 Å². The van der Waals surface area contributed by atoms with Gasteiger partial charge in [0.25, 0.3) is 5.56 Å². The number of piperidine rings is 1. The van der Waals surface area contributed by atoms with Gasteiger partial charge in [-0.15, -0.1) is 0 Å². The van der Waals surface area contributed by atoms with Gasteiger partial charge in [-0.2, -0.15) is 4.31 Å². The van der Waals surface area contributed by atoms with E-state index in [1.54, 1.807) is 40.8 Å². The fraction of sp³-hybridized carbons (Fsp3) is 0.333. The second-order valence-electron chi connectivity index (χ2n) is 6.46. The normalized spacial score (nSPS) is 16.2. The topological polar surface area (TPSA) is 72.3 Å². The lowest BCUT2D eigenvalue weighted by molar-refractivity contribution is 0.346. The predicted molar refractivity (Wildman–Crippen MR) is 103 cm³/mol. The molecule has 0 saturated carbocycles. The first kappa shape index (κ1) is 17.4. The molecule has 0 N–H and O–H groups in total. The lowest BCUT2D eigenvalue weighted by Gasteiger charge is -2.26. The summed E-state index contributed by atoms with van der Waals surface area (Å²) in [7, 11) is -3.55. The van der Waals surface area contributed by atoms with Crippen LogP contribution >= 0.6 is 11.5 Å². The van der Waals surface area contributed by atoms with E-state index in [1.807, 2.05) is 6.92 Å². The number of nitrogens with zero attached hydrogens (tertiary/aromatic N) is 3. The summed E-state index contributed by atoms with van der Waals surface area (Å²) in [6.45, 7) is 2.98. The first-order valence-corrected chi connectivity index (χ1v) is 10.8. The first-order valence-electron chi connectivity index (χ1n) is 8.57. The molecule has 0 amide bonds. The average molecular weight is 390 g/mol. The van der Waals surface area contributed by atoms with Gasteiger partial charge in [-0.25, -0.2) is 17.4 Å². The Morgan fingerprint density at radius 1 is 1.12 bits per heavy atom. The molecule has 1 aromatic carbocycles. The highest BCUT2D eigenvalue weighted by Crippen LogP contribution is 2.26. The molecule has 26 heavy (non-hydrogen) atoms. The smallest absolute Gasteiger partial charge is 0.267 e. The van der Waals surface area contributed by atoms with E-state index in [9.17, 15) is 13.2 Å². The summed E-state index contributed by atoms with van der Waals surface area (Å²) in [6.07, 6.45) is 4.49. The number of hydrogen-bond donors (Lipinski definition) is 0. The first-order chi connectivity index (χ1) is 12.5. The van der Waals surface area contributed by atoms with Crippen LogP contribution in [-0.4, -0.2) is 34.8 Å². The Kier molecular flexibility index (Phi) is 4.42. The van der Waals surface area contributed by atoms with Crippen molar-refractivity contribution in [2.24, 2.45) is 0 Å². The van der Waals surface area contributed by atoms with Crippen LogP contribution in [0.2, 0.25) is 0 Å². The maximum atomic E-state index is 13.0. The van der Waals surface area contributed by atoms with E-state index < -0.39 is 10.0 Å². The second-order valence-corrected chi connectivity index (χ2v) is 9.33. The zero-order valence-electron chi connectivity index (χ0n) is 14.4. The summed E-state index contributed by atoms with van der Waals surface area (Å²) in [5.74, 6) is 0. The summed E-state index contributed by atoms with van der Waals surface area (Å²) in [6, 6.07) is 8.46. The number of aromatic nitrogens is 2. The highest BCUT2D eigenvalue weighted by atomic mass is 32.2. The van der Waals surface area contributed by atoms with Crippen LogP contribution in [-0.2, 0) is 10.0 Å². The van der Waals surface area contributed by atoms with Crippen LogP contribution in [0.1, 0.15) is 24.8 Å². The van der Waals surface area contributed by atoms with E-state index in [-0.39, 0.29) is 10.5 Å². The van der Waals surface area contributed by atoms with Crippen LogP contribution in [0.25, 0.3) is 15.9 Å². The van der Waals surface area contributed by atoms with E-state index >= 15 is 0 Å². The Morgan fingerprint density at radius 3 is 2.62 bits per heavy atom. The van der Waals surface area contributed by atoms with E-state index in [0.717, 1.165) is 24.8 Å². The molecule has 4 rings (SSSR count). The minimum atomic E-state index is -3.55. The van der Waals surface area contributed by atoms with Crippen molar-refractivity contribution < 1.29 is 8.42 Å². The molecule has 136 valence electrons. The van der Waals surface area contributed by atoms with Crippen molar-refractivity contribution in [1.29, 1.82) is 0 Å². The van der Waals surface area contributed by atoms with Crippen molar-refractivity contribution in [2.75, 3.05) is 13.1 Å². The molecular formula is C18H19N3O3S2. The molecule has 2 aromatic heterocycles. The molecular weight excluding hydrogens is 370 g/mol. The molecule has 3 aromatic rings. The van der Waals surface area contributed by atoms with Gasteiger partial charge in [0.15, 0.2) is 0 Å². The molecule has 0 aliphatic carbocycles. The summed E-state index contributed by atoms with van der Waals surface area (Å²) >= 11 is 1.23. The second kappa shape index (κ2) is 6.61.